The highest BCUT2D eigenvalue weighted by molar-refractivity contribution is 7.13. The first kappa shape index (κ1) is 20.3. The highest BCUT2D eigenvalue weighted by atomic mass is 32.1. The van der Waals surface area contributed by atoms with E-state index in [1.54, 1.807) is 24.3 Å². The number of ether oxygens (including phenoxy) is 1. The molecule has 0 saturated heterocycles. The average molecular weight is 437 g/mol. The Hall–Kier alpha value is -3.98. The van der Waals surface area contributed by atoms with Gasteiger partial charge in [0.15, 0.2) is 5.76 Å². The van der Waals surface area contributed by atoms with Crippen LogP contribution in [0.4, 0.5) is 4.39 Å². The summed E-state index contributed by atoms with van der Waals surface area (Å²) in [4.78, 5) is 28.6. The molecule has 0 unspecified atom stereocenters. The van der Waals surface area contributed by atoms with Gasteiger partial charge in [0.1, 0.15) is 34.6 Å². The van der Waals surface area contributed by atoms with Crippen molar-refractivity contribution in [1.82, 2.24) is 15.8 Å². The molecule has 2 aromatic heterocycles. The SMILES string of the molecule is O=C(NNC(=O)c1ccc(COc2ccccc2)o1)c1csc(-c2ccccc2F)n1. The van der Waals surface area contributed by atoms with Gasteiger partial charge in [-0.2, -0.15) is 0 Å². The van der Waals surface area contributed by atoms with Gasteiger partial charge in [-0.15, -0.1) is 11.3 Å². The van der Waals surface area contributed by atoms with Crippen LogP contribution in [0.1, 0.15) is 26.8 Å². The summed E-state index contributed by atoms with van der Waals surface area (Å²) in [6.07, 6.45) is 0. The molecule has 0 spiro atoms. The number of halogens is 1. The summed E-state index contributed by atoms with van der Waals surface area (Å²) in [7, 11) is 0. The Labute approximate surface area is 180 Å². The fourth-order valence-electron chi connectivity index (χ4n) is 2.62. The number of benzene rings is 2. The molecule has 156 valence electrons. The quantitative estimate of drug-likeness (QED) is 0.441. The van der Waals surface area contributed by atoms with Crippen molar-refractivity contribution in [3.63, 3.8) is 0 Å². The van der Waals surface area contributed by atoms with Crippen molar-refractivity contribution in [2.45, 2.75) is 6.61 Å². The van der Waals surface area contributed by atoms with Gasteiger partial charge in [-0.25, -0.2) is 9.37 Å². The van der Waals surface area contributed by atoms with Crippen LogP contribution in [0.25, 0.3) is 10.6 Å². The van der Waals surface area contributed by atoms with Crippen LogP contribution in [-0.2, 0) is 6.61 Å². The van der Waals surface area contributed by atoms with Crippen LogP contribution in [-0.4, -0.2) is 16.8 Å². The molecule has 0 bridgehead atoms. The second-order valence-electron chi connectivity index (χ2n) is 6.29. The van der Waals surface area contributed by atoms with E-state index in [0.717, 1.165) is 11.3 Å². The minimum Gasteiger partial charge on any atom is -0.486 e. The van der Waals surface area contributed by atoms with Gasteiger partial charge in [-0.05, 0) is 36.4 Å². The molecule has 31 heavy (non-hydrogen) atoms. The summed E-state index contributed by atoms with van der Waals surface area (Å²) in [5.74, 6) is -0.556. The van der Waals surface area contributed by atoms with E-state index in [2.05, 4.69) is 15.8 Å². The van der Waals surface area contributed by atoms with E-state index in [-0.39, 0.29) is 18.1 Å². The van der Waals surface area contributed by atoms with Gasteiger partial charge >= 0.3 is 5.91 Å². The number of hydrogen-bond donors (Lipinski definition) is 2. The van der Waals surface area contributed by atoms with E-state index in [4.69, 9.17) is 9.15 Å². The van der Waals surface area contributed by atoms with E-state index in [1.807, 2.05) is 30.3 Å². The molecule has 7 nitrogen and oxygen atoms in total. The Bertz CT molecular complexity index is 1210. The number of carbonyl (C=O) groups is 2. The van der Waals surface area contributed by atoms with Gasteiger partial charge in [-0.3, -0.25) is 20.4 Å². The number of thiazole rings is 1. The lowest BCUT2D eigenvalue weighted by molar-refractivity contribution is 0.0826. The molecule has 2 N–H and O–H groups in total. The summed E-state index contributed by atoms with van der Waals surface area (Å²) in [6.45, 7) is 0.154. The lowest BCUT2D eigenvalue weighted by Gasteiger charge is -2.05. The molecule has 2 amide bonds. The molecule has 2 aromatic carbocycles. The number of nitrogens with zero attached hydrogens (tertiary/aromatic N) is 1. The molecule has 0 atom stereocenters. The van der Waals surface area contributed by atoms with Gasteiger partial charge in [0, 0.05) is 10.9 Å². The van der Waals surface area contributed by atoms with Crippen molar-refractivity contribution >= 4 is 23.2 Å². The summed E-state index contributed by atoms with van der Waals surface area (Å²) >= 11 is 1.13. The third-order valence-corrected chi connectivity index (χ3v) is 5.02. The van der Waals surface area contributed by atoms with Gasteiger partial charge in [0.05, 0.1) is 0 Å². The molecule has 0 saturated carbocycles. The minimum absolute atomic E-state index is 0.0114. The number of furan rings is 1. The number of hydrogen-bond acceptors (Lipinski definition) is 6. The minimum atomic E-state index is -0.635. The van der Waals surface area contributed by atoms with Crippen molar-refractivity contribution in [3.05, 3.63) is 95.1 Å². The van der Waals surface area contributed by atoms with Crippen LogP contribution in [0.5, 0.6) is 5.75 Å². The molecule has 0 fully saturated rings. The van der Waals surface area contributed by atoms with Crippen molar-refractivity contribution < 1.29 is 23.1 Å². The number of nitrogens with one attached hydrogen (secondary N) is 2. The van der Waals surface area contributed by atoms with E-state index < -0.39 is 17.6 Å². The van der Waals surface area contributed by atoms with Crippen LogP contribution in [0.2, 0.25) is 0 Å². The lowest BCUT2D eigenvalue weighted by Crippen LogP contribution is -2.41. The lowest BCUT2D eigenvalue weighted by atomic mass is 10.2. The fourth-order valence-corrected chi connectivity index (χ4v) is 3.45. The predicted octanol–water partition coefficient (Wildman–Crippen LogP) is 4.20. The number of amides is 2. The number of hydrazine groups is 1. The van der Waals surface area contributed by atoms with Crippen molar-refractivity contribution in [2.75, 3.05) is 0 Å². The summed E-state index contributed by atoms with van der Waals surface area (Å²) in [5, 5.41) is 1.85. The first-order valence-corrected chi connectivity index (χ1v) is 10.1. The molecule has 4 aromatic rings. The number of carbonyl (C=O) groups excluding carboxylic acids is 2. The summed E-state index contributed by atoms with van der Waals surface area (Å²) in [6, 6.07) is 18.4. The molecular weight excluding hydrogens is 421 g/mol. The standard InChI is InChI=1S/C22H16FN3O4S/c23-17-9-5-4-8-16(17)22-24-18(13-31-22)20(27)25-26-21(28)19-11-10-15(30-19)12-29-14-6-2-1-3-7-14/h1-11,13H,12H2,(H,25,27)(H,26,28). The van der Waals surface area contributed by atoms with Crippen LogP contribution in [0, 0.1) is 5.82 Å². The zero-order chi connectivity index (χ0) is 21.6. The fraction of sp³-hybridized carbons (Fsp3) is 0.0455. The topological polar surface area (TPSA) is 93.5 Å². The average Bonchev–Trinajstić information content (AvgIpc) is 3.47. The molecule has 0 aliphatic carbocycles. The number of aromatic nitrogens is 1. The Morgan fingerprint density at radius 3 is 2.52 bits per heavy atom. The molecule has 0 radical (unpaired) electrons. The zero-order valence-corrected chi connectivity index (χ0v) is 16.8. The Kier molecular flexibility index (Phi) is 6.04. The Morgan fingerprint density at radius 2 is 1.71 bits per heavy atom. The first-order valence-electron chi connectivity index (χ1n) is 9.18. The number of para-hydroxylation sites is 1. The van der Waals surface area contributed by atoms with Gasteiger partial charge < -0.3 is 9.15 Å². The molecular formula is C22H16FN3O4S. The zero-order valence-electron chi connectivity index (χ0n) is 16.0. The van der Waals surface area contributed by atoms with Crippen LogP contribution in [0.15, 0.2) is 76.5 Å². The van der Waals surface area contributed by atoms with Gasteiger partial charge in [0.2, 0.25) is 0 Å². The molecule has 9 heteroatoms. The largest absolute Gasteiger partial charge is 0.486 e. The molecule has 2 heterocycles. The van der Waals surface area contributed by atoms with Crippen LogP contribution < -0.4 is 15.6 Å². The van der Waals surface area contributed by atoms with E-state index in [1.165, 1.54) is 17.5 Å². The normalized spacial score (nSPS) is 10.5. The monoisotopic (exact) mass is 437 g/mol. The molecule has 0 aliphatic heterocycles. The second kappa shape index (κ2) is 9.23. The summed E-state index contributed by atoms with van der Waals surface area (Å²) in [5.41, 5.74) is 4.88. The van der Waals surface area contributed by atoms with Crippen molar-refractivity contribution in [1.29, 1.82) is 0 Å². The van der Waals surface area contributed by atoms with E-state index in [9.17, 15) is 14.0 Å². The smallest absolute Gasteiger partial charge is 0.305 e. The Morgan fingerprint density at radius 1 is 0.968 bits per heavy atom. The summed E-state index contributed by atoms with van der Waals surface area (Å²) < 4.78 is 24.9. The molecule has 4 rings (SSSR count). The first-order chi connectivity index (χ1) is 15.1. The second-order valence-corrected chi connectivity index (χ2v) is 7.15. The van der Waals surface area contributed by atoms with Crippen LogP contribution >= 0.6 is 11.3 Å². The van der Waals surface area contributed by atoms with Gasteiger partial charge in [-0.1, -0.05) is 30.3 Å². The molecule has 0 aliphatic rings. The van der Waals surface area contributed by atoms with E-state index >= 15 is 0 Å². The third kappa shape index (κ3) is 4.96. The van der Waals surface area contributed by atoms with Crippen molar-refractivity contribution in [3.8, 4) is 16.3 Å². The van der Waals surface area contributed by atoms with Crippen LogP contribution in [0.3, 0.4) is 0 Å². The predicted molar refractivity (Wildman–Crippen MR) is 112 cm³/mol. The highest BCUT2D eigenvalue weighted by Gasteiger charge is 2.16. The van der Waals surface area contributed by atoms with Gasteiger partial charge in [0.25, 0.3) is 5.91 Å². The maximum absolute atomic E-state index is 13.9. The number of rotatable bonds is 6. The maximum Gasteiger partial charge on any atom is 0.305 e. The maximum atomic E-state index is 13.9. The Balaban J connectivity index is 1.31. The highest BCUT2D eigenvalue weighted by Crippen LogP contribution is 2.26. The van der Waals surface area contributed by atoms with E-state index in [0.29, 0.717) is 22.1 Å². The van der Waals surface area contributed by atoms with Crippen molar-refractivity contribution in [2.24, 2.45) is 0 Å². The third-order valence-electron chi connectivity index (χ3n) is 4.14.